The number of hydrogen-bond donors (Lipinski definition) is 3. The molecule has 1 rings (SSSR count). The Morgan fingerprint density at radius 1 is 1.59 bits per heavy atom. The van der Waals surface area contributed by atoms with Crippen molar-refractivity contribution in [1.29, 1.82) is 0 Å². The van der Waals surface area contributed by atoms with Gasteiger partial charge in [-0.1, -0.05) is 13.3 Å². The van der Waals surface area contributed by atoms with E-state index in [0.29, 0.717) is 0 Å². The Morgan fingerprint density at radius 2 is 2.35 bits per heavy atom. The highest BCUT2D eigenvalue weighted by Gasteiger charge is 2.25. The molecule has 3 N–H and O–H groups in total. The second-order valence-corrected chi connectivity index (χ2v) is 6.13. The van der Waals surface area contributed by atoms with Crippen molar-refractivity contribution in [3.8, 4) is 0 Å². The van der Waals surface area contributed by atoms with Crippen LogP contribution < -0.4 is 10.6 Å². The first-order valence-electron chi connectivity index (χ1n) is 6.37. The fourth-order valence-corrected chi connectivity index (χ4v) is 3.15. The van der Waals surface area contributed by atoms with Crippen LogP contribution in [-0.2, 0) is 0 Å². The quantitative estimate of drug-likeness (QED) is 0.705. The van der Waals surface area contributed by atoms with E-state index >= 15 is 0 Å². The maximum atomic E-state index is 11.8. The molecule has 1 aliphatic rings. The molecule has 0 saturated carbocycles. The molecule has 0 aromatic carbocycles. The van der Waals surface area contributed by atoms with Crippen molar-refractivity contribution in [2.45, 2.75) is 51.1 Å². The second kappa shape index (κ2) is 7.11. The molecule has 2 atom stereocenters. The summed E-state index contributed by atoms with van der Waals surface area (Å²) in [4.78, 5) is 11.8. The molecule has 4 nitrogen and oxygen atoms in total. The molecule has 17 heavy (non-hydrogen) atoms. The molecule has 1 heterocycles. The molecule has 0 aromatic heterocycles. The molecule has 1 aliphatic heterocycles. The Balaban J connectivity index is 2.36. The normalized spacial score (nSPS) is 23.8. The molecule has 2 amide bonds. The van der Waals surface area contributed by atoms with Gasteiger partial charge in [-0.2, -0.15) is 11.8 Å². The van der Waals surface area contributed by atoms with E-state index in [2.05, 4.69) is 10.6 Å². The van der Waals surface area contributed by atoms with Crippen LogP contribution in [0.25, 0.3) is 0 Å². The molecule has 100 valence electrons. The number of thioether (sulfide) groups is 1. The van der Waals surface area contributed by atoms with Crippen molar-refractivity contribution in [2.75, 3.05) is 18.1 Å². The Kier molecular flexibility index (Phi) is 6.12. The predicted octanol–water partition coefficient (Wildman–Crippen LogP) is 1.73. The van der Waals surface area contributed by atoms with Crippen molar-refractivity contribution in [2.24, 2.45) is 0 Å². The van der Waals surface area contributed by atoms with Gasteiger partial charge in [-0.15, -0.1) is 0 Å². The number of aliphatic hydroxyl groups is 1. The molecule has 1 saturated heterocycles. The number of carbonyl (C=O) groups is 1. The monoisotopic (exact) mass is 260 g/mol. The van der Waals surface area contributed by atoms with Gasteiger partial charge in [-0.05, 0) is 31.9 Å². The highest BCUT2D eigenvalue weighted by molar-refractivity contribution is 7.99. The van der Waals surface area contributed by atoms with E-state index in [4.69, 9.17) is 0 Å². The van der Waals surface area contributed by atoms with Gasteiger partial charge < -0.3 is 15.7 Å². The fraction of sp³-hybridized carbons (Fsp3) is 0.917. The number of urea groups is 1. The minimum absolute atomic E-state index is 0.0202. The molecule has 2 unspecified atom stereocenters. The summed E-state index contributed by atoms with van der Waals surface area (Å²) < 4.78 is 0. The van der Waals surface area contributed by atoms with E-state index < -0.39 is 5.54 Å². The lowest BCUT2D eigenvalue weighted by molar-refractivity contribution is 0.162. The Morgan fingerprint density at radius 3 is 2.88 bits per heavy atom. The van der Waals surface area contributed by atoms with Gasteiger partial charge in [-0.3, -0.25) is 0 Å². The lowest BCUT2D eigenvalue weighted by atomic mass is 9.97. The summed E-state index contributed by atoms with van der Waals surface area (Å²) in [6.45, 7) is 3.91. The molecule has 0 bridgehead atoms. The molecular formula is C12H24N2O2S. The number of aliphatic hydroxyl groups excluding tert-OH is 1. The van der Waals surface area contributed by atoms with Crippen LogP contribution in [0.1, 0.15) is 39.5 Å². The average Bonchev–Trinajstić information content (AvgIpc) is 2.30. The van der Waals surface area contributed by atoms with E-state index in [9.17, 15) is 9.90 Å². The van der Waals surface area contributed by atoms with Gasteiger partial charge in [0.15, 0.2) is 0 Å². The standard InChI is InChI=1S/C12H24N2O2S/c1-3-6-12(2,9-15)14-11(16)13-10-5-4-7-17-8-10/h10,15H,3-9H2,1-2H3,(H2,13,14,16). The van der Waals surface area contributed by atoms with E-state index in [0.717, 1.165) is 25.0 Å². The van der Waals surface area contributed by atoms with Crippen molar-refractivity contribution in [1.82, 2.24) is 10.6 Å². The first-order valence-corrected chi connectivity index (χ1v) is 7.52. The van der Waals surface area contributed by atoms with Crippen LogP contribution in [0.2, 0.25) is 0 Å². The van der Waals surface area contributed by atoms with Gasteiger partial charge in [0, 0.05) is 11.8 Å². The third kappa shape index (κ3) is 5.17. The molecule has 0 radical (unpaired) electrons. The third-order valence-corrected chi connectivity index (χ3v) is 4.28. The van der Waals surface area contributed by atoms with Crippen LogP contribution in [0.4, 0.5) is 4.79 Å². The maximum absolute atomic E-state index is 11.8. The van der Waals surface area contributed by atoms with Crippen LogP contribution >= 0.6 is 11.8 Å². The molecule has 0 aliphatic carbocycles. The summed E-state index contributed by atoms with van der Waals surface area (Å²) in [5.74, 6) is 2.20. The molecule has 0 spiro atoms. The number of hydrogen-bond acceptors (Lipinski definition) is 3. The fourth-order valence-electron chi connectivity index (χ4n) is 2.08. The Hall–Kier alpha value is -0.420. The average molecular weight is 260 g/mol. The highest BCUT2D eigenvalue weighted by atomic mass is 32.2. The Labute approximate surface area is 108 Å². The second-order valence-electron chi connectivity index (χ2n) is 4.98. The molecule has 1 fully saturated rings. The predicted molar refractivity (Wildman–Crippen MR) is 72.4 cm³/mol. The van der Waals surface area contributed by atoms with Gasteiger partial charge in [0.1, 0.15) is 0 Å². The Bertz CT molecular complexity index is 245. The minimum Gasteiger partial charge on any atom is -0.394 e. The summed E-state index contributed by atoms with van der Waals surface area (Å²) in [6, 6.07) is 0.126. The van der Waals surface area contributed by atoms with Crippen LogP contribution in [-0.4, -0.2) is 40.8 Å². The van der Waals surface area contributed by atoms with Gasteiger partial charge in [-0.25, -0.2) is 4.79 Å². The van der Waals surface area contributed by atoms with Gasteiger partial charge >= 0.3 is 6.03 Å². The van der Waals surface area contributed by atoms with E-state index in [-0.39, 0.29) is 18.7 Å². The van der Waals surface area contributed by atoms with E-state index in [1.54, 1.807) is 0 Å². The maximum Gasteiger partial charge on any atom is 0.315 e. The van der Waals surface area contributed by atoms with Gasteiger partial charge in [0.25, 0.3) is 0 Å². The van der Waals surface area contributed by atoms with Gasteiger partial charge in [0.05, 0.1) is 12.1 Å². The first kappa shape index (κ1) is 14.6. The summed E-state index contributed by atoms with van der Waals surface area (Å²) in [5, 5.41) is 15.2. The number of carbonyl (C=O) groups excluding carboxylic acids is 1. The zero-order valence-corrected chi connectivity index (χ0v) is 11.6. The lowest BCUT2D eigenvalue weighted by Crippen LogP contribution is -2.55. The lowest BCUT2D eigenvalue weighted by Gasteiger charge is -2.30. The summed E-state index contributed by atoms with van der Waals surface area (Å²) in [5.41, 5.74) is -0.499. The highest BCUT2D eigenvalue weighted by Crippen LogP contribution is 2.17. The van der Waals surface area contributed by atoms with Gasteiger partial charge in [0.2, 0.25) is 0 Å². The minimum atomic E-state index is -0.499. The zero-order valence-electron chi connectivity index (χ0n) is 10.8. The SMILES string of the molecule is CCCC(C)(CO)NC(=O)NC1CCCSC1. The number of rotatable bonds is 5. The topological polar surface area (TPSA) is 61.4 Å². The summed E-state index contributed by atoms with van der Waals surface area (Å²) in [6.07, 6.45) is 3.96. The number of nitrogens with one attached hydrogen (secondary N) is 2. The molecule has 5 heteroatoms. The van der Waals surface area contributed by atoms with Crippen molar-refractivity contribution >= 4 is 17.8 Å². The van der Waals surface area contributed by atoms with Crippen LogP contribution in [0.5, 0.6) is 0 Å². The zero-order chi connectivity index (χ0) is 12.7. The smallest absolute Gasteiger partial charge is 0.315 e. The molecular weight excluding hydrogens is 236 g/mol. The third-order valence-electron chi connectivity index (χ3n) is 3.06. The van der Waals surface area contributed by atoms with Crippen molar-refractivity contribution < 1.29 is 9.90 Å². The van der Waals surface area contributed by atoms with E-state index in [1.165, 1.54) is 12.2 Å². The van der Waals surface area contributed by atoms with Crippen LogP contribution in [0, 0.1) is 0 Å². The largest absolute Gasteiger partial charge is 0.394 e. The summed E-state index contributed by atoms with van der Waals surface area (Å²) >= 11 is 1.89. The first-order chi connectivity index (χ1) is 8.09. The van der Waals surface area contributed by atoms with E-state index in [1.807, 2.05) is 25.6 Å². The van der Waals surface area contributed by atoms with Crippen molar-refractivity contribution in [3.05, 3.63) is 0 Å². The summed E-state index contributed by atoms with van der Waals surface area (Å²) in [7, 11) is 0. The molecule has 0 aromatic rings. The van der Waals surface area contributed by atoms with Crippen LogP contribution in [0.3, 0.4) is 0 Å². The van der Waals surface area contributed by atoms with Crippen molar-refractivity contribution in [3.63, 3.8) is 0 Å². The number of amides is 2. The van der Waals surface area contributed by atoms with Crippen LogP contribution in [0.15, 0.2) is 0 Å².